The number of unbranched alkanes of at least 4 members (excludes halogenated alkanes) is 3. The fourth-order valence-electron chi connectivity index (χ4n) is 2.39. The maximum Gasteiger partial charge on any atom is 0.196 e. The van der Waals surface area contributed by atoms with Crippen LogP contribution in [0.3, 0.4) is 0 Å². The topological polar surface area (TPSA) is 37.3 Å². The zero-order valence-corrected chi connectivity index (χ0v) is 13.4. The molecule has 0 atom stereocenters. The molecule has 118 valence electrons. The van der Waals surface area contributed by atoms with E-state index < -0.39 is 0 Å². The second-order valence-electron chi connectivity index (χ2n) is 5.20. The number of nitrogens with zero attached hydrogens (tertiary/aromatic N) is 3. The smallest absolute Gasteiger partial charge is 0.196 e. The Labute approximate surface area is 123 Å². The van der Waals surface area contributed by atoms with Gasteiger partial charge in [-0.3, -0.25) is 4.99 Å². The summed E-state index contributed by atoms with van der Waals surface area (Å²) >= 11 is 0. The SMILES string of the molecule is CCCCCCN=C1N(CCOC)CCN1CCOC. The van der Waals surface area contributed by atoms with E-state index in [1.54, 1.807) is 14.2 Å². The van der Waals surface area contributed by atoms with Crippen molar-refractivity contribution in [2.75, 3.05) is 60.2 Å². The van der Waals surface area contributed by atoms with Crippen molar-refractivity contribution < 1.29 is 9.47 Å². The molecule has 5 nitrogen and oxygen atoms in total. The van der Waals surface area contributed by atoms with Crippen molar-refractivity contribution in [3.63, 3.8) is 0 Å². The molecule has 0 bridgehead atoms. The van der Waals surface area contributed by atoms with E-state index in [0.717, 1.165) is 51.9 Å². The summed E-state index contributed by atoms with van der Waals surface area (Å²) in [5.41, 5.74) is 0. The number of hydrogen-bond acceptors (Lipinski definition) is 3. The first-order valence-corrected chi connectivity index (χ1v) is 7.85. The van der Waals surface area contributed by atoms with Crippen LogP contribution in [0.25, 0.3) is 0 Å². The molecule has 1 saturated heterocycles. The Bertz CT molecular complexity index is 254. The van der Waals surface area contributed by atoms with Gasteiger partial charge in [-0.05, 0) is 6.42 Å². The van der Waals surface area contributed by atoms with Crippen LogP contribution in [0, 0.1) is 0 Å². The van der Waals surface area contributed by atoms with Gasteiger partial charge in [0.2, 0.25) is 0 Å². The zero-order valence-electron chi connectivity index (χ0n) is 13.4. The standard InChI is InChI=1S/C15H31N3O2/c1-4-5-6-7-8-16-15-17(11-13-19-2)9-10-18(15)12-14-20-3/h4-14H2,1-3H3. The Morgan fingerprint density at radius 1 is 0.950 bits per heavy atom. The predicted molar refractivity (Wildman–Crippen MR) is 83.3 cm³/mol. The van der Waals surface area contributed by atoms with Gasteiger partial charge in [-0.2, -0.15) is 0 Å². The van der Waals surface area contributed by atoms with Gasteiger partial charge >= 0.3 is 0 Å². The lowest BCUT2D eigenvalue weighted by atomic mass is 10.2. The molecule has 1 aliphatic rings. The third kappa shape index (κ3) is 6.09. The average Bonchev–Trinajstić information content (AvgIpc) is 2.85. The van der Waals surface area contributed by atoms with Crippen LogP contribution in [0.1, 0.15) is 32.6 Å². The van der Waals surface area contributed by atoms with Crippen molar-refractivity contribution in [1.29, 1.82) is 0 Å². The molecule has 1 aliphatic heterocycles. The molecule has 5 heteroatoms. The van der Waals surface area contributed by atoms with E-state index in [9.17, 15) is 0 Å². The van der Waals surface area contributed by atoms with Crippen LogP contribution in [0.5, 0.6) is 0 Å². The van der Waals surface area contributed by atoms with Crippen LogP contribution in [0.2, 0.25) is 0 Å². The molecule has 0 aliphatic carbocycles. The first-order valence-electron chi connectivity index (χ1n) is 7.85. The maximum atomic E-state index is 5.19. The average molecular weight is 285 g/mol. The van der Waals surface area contributed by atoms with Crippen LogP contribution >= 0.6 is 0 Å². The van der Waals surface area contributed by atoms with Gasteiger partial charge in [0.1, 0.15) is 0 Å². The van der Waals surface area contributed by atoms with Crippen molar-refractivity contribution in [3.05, 3.63) is 0 Å². The Kier molecular flexibility index (Phi) is 9.41. The van der Waals surface area contributed by atoms with Crippen molar-refractivity contribution in [1.82, 2.24) is 9.80 Å². The summed E-state index contributed by atoms with van der Waals surface area (Å²) in [6.45, 7) is 8.62. The van der Waals surface area contributed by atoms with Crippen LogP contribution in [-0.4, -0.2) is 75.9 Å². The summed E-state index contributed by atoms with van der Waals surface area (Å²) in [6.07, 6.45) is 5.05. The normalized spacial score (nSPS) is 15.2. The Morgan fingerprint density at radius 2 is 1.55 bits per heavy atom. The molecule has 0 amide bonds. The number of ether oxygens (including phenoxy) is 2. The minimum Gasteiger partial charge on any atom is -0.383 e. The molecular weight excluding hydrogens is 254 g/mol. The van der Waals surface area contributed by atoms with E-state index in [1.165, 1.54) is 25.7 Å². The van der Waals surface area contributed by atoms with E-state index in [-0.39, 0.29) is 0 Å². The number of guanidine groups is 1. The van der Waals surface area contributed by atoms with Crippen LogP contribution < -0.4 is 0 Å². The monoisotopic (exact) mass is 285 g/mol. The van der Waals surface area contributed by atoms with Crippen molar-refractivity contribution in [3.8, 4) is 0 Å². The van der Waals surface area contributed by atoms with Crippen molar-refractivity contribution >= 4 is 5.96 Å². The first kappa shape index (κ1) is 17.2. The molecule has 1 rings (SSSR count). The predicted octanol–water partition coefficient (Wildman–Crippen LogP) is 1.83. The maximum absolute atomic E-state index is 5.19. The van der Waals surface area contributed by atoms with Crippen LogP contribution in [0.15, 0.2) is 4.99 Å². The second kappa shape index (κ2) is 10.9. The molecule has 0 radical (unpaired) electrons. The van der Waals surface area contributed by atoms with E-state index in [1.807, 2.05) is 0 Å². The summed E-state index contributed by atoms with van der Waals surface area (Å²) in [7, 11) is 3.50. The highest BCUT2D eigenvalue weighted by Gasteiger charge is 2.25. The minimum atomic E-state index is 0.757. The Hall–Kier alpha value is -0.810. The van der Waals surface area contributed by atoms with E-state index in [0.29, 0.717) is 0 Å². The molecule has 0 aromatic rings. The first-order chi connectivity index (χ1) is 9.83. The molecular formula is C15H31N3O2. The molecule has 0 N–H and O–H groups in total. The van der Waals surface area contributed by atoms with E-state index >= 15 is 0 Å². The van der Waals surface area contributed by atoms with Gasteiger partial charge in [-0.1, -0.05) is 26.2 Å². The van der Waals surface area contributed by atoms with Gasteiger partial charge in [-0.15, -0.1) is 0 Å². The largest absolute Gasteiger partial charge is 0.383 e. The Balaban J connectivity index is 2.47. The molecule has 0 spiro atoms. The fourth-order valence-corrected chi connectivity index (χ4v) is 2.39. The quantitative estimate of drug-likeness (QED) is 0.543. The molecule has 20 heavy (non-hydrogen) atoms. The third-order valence-corrected chi connectivity index (χ3v) is 3.60. The highest BCUT2D eigenvalue weighted by atomic mass is 16.5. The molecule has 0 saturated carbocycles. The van der Waals surface area contributed by atoms with Crippen LogP contribution in [0.4, 0.5) is 0 Å². The minimum absolute atomic E-state index is 0.757. The van der Waals surface area contributed by atoms with E-state index in [4.69, 9.17) is 14.5 Å². The summed E-state index contributed by atoms with van der Waals surface area (Å²) in [5, 5.41) is 0. The van der Waals surface area contributed by atoms with Gasteiger partial charge < -0.3 is 19.3 Å². The lowest BCUT2D eigenvalue weighted by Crippen LogP contribution is -2.37. The van der Waals surface area contributed by atoms with Gasteiger partial charge in [0.05, 0.1) is 13.2 Å². The lowest BCUT2D eigenvalue weighted by Gasteiger charge is -2.23. The number of methoxy groups -OCH3 is 2. The zero-order chi connectivity index (χ0) is 14.6. The molecule has 0 aromatic carbocycles. The van der Waals surface area contributed by atoms with E-state index in [2.05, 4.69) is 16.7 Å². The van der Waals surface area contributed by atoms with Gasteiger partial charge in [0.25, 0.3) is 0 Å². The molecule has 1 heterocycles. The fraction of sp³-hybridized carbons (Fsp3) is 0.933. The third-order valence-electron chi connectivity index (χ3n) is 3.60. The number of rotatable bonds is 11. The molecule has 0 unspecified atom stereocenters. The summed E-state index contributed by atoms with van der Waals surface area (Å²) in [5.74, 6) is 1.13. The van der Waals surface area contributed by atoms with Crippen LogP contribution in [-0.2, 0) is 9.47 Å². The van der Waals surface area contributed by atoms with Gasteiger partial charge in [0.15, 0.2) is 5.96 Å². The van der Waals surface area contributed by atoms with Gasteiger partial charge in [0, 0.05) is 46.9 Å². The molecule has 0 aromatic heterocycles. The highest BCUT2D eigenvalue weighted by Crippen LogP contribution is 2.09. The number of hydrogen-bond donors (Lipinski definition) is 0. The summed E-state index contributed by atoms with van der Waals surface area (Å²) in [6, 6.07) is 0. The summed E-state index contributed by atoms with van der Waals surface area (Å²) in [4.78, 5) is 9.49. The number of aliphatic imine (C=N–C) groups is 1. The summed E-state index contributed by atoms with van der Waals surface area (Å²) < 4.78 is 10.4. The van der Waals surface area contributed by atoms with Crippen molar-refractivity contribution in [2.24, 2.45) is 4.99 Å². The second-order valence-corrected chi connectivity index (χ2v) is 5.20. The van der Waals surface area contributed by atoms with Crippen molar-refractivity contribution in [2.45, 2.75) is 32.6 Å². The highest BCUT2D eigenvalue weighted by molar-refractivity contribution is 5.82. The van der Waals surface area contributed by atoms with Gasteiger partial charge in [-0.25, -0.2) is 0 Å². The molecule has 1 fully saturated rings. The lowest BCUT2D eigenvalue weighted by molar-refractivity contribution is 0.176. The Morgan fingerprint density at radius 3 is 2.05 bits per heavy atom.